The van der Waals surface area contributed by atoms with Gasteiger partial charge in [0.15, 0.2) is 11.4 Å². The molecule has 10 heteroatoms. The molecule has 1 amide bonds. The maximum Gasteiger partial charge on any atom is 0.417 e. The van der Waals surface area contributed by atoms with E-state index >= 15 is 0 Å². The van der Waals surface area contributed by atoms with E-state index in [9.17, 15) is 27.2 Å². The number of methoxy groups -OCH3 is 1. The van der Waals surface area contributed by atoms with Gasteiger partial charge in [0.1, 0.15) is 23.4 Å². The molecule has 0 aliphatic carbocycles. The second kappa shape index (κ2) is 8.50. The molecule has 0 saturated carbocycles. The van der Waals surface area contributed by atoms with Gasteiger partial charge in [0.2, 0.25) is 0 Å². The number of pyridine rings is 1. The molecular formula is C22H22F4N2O4. The molecule has 2 aromatic rings. The van der Waals surface area contributed by atoms with Crippen molar-refractivity contribution in [3.63, 3.8) is 0 Å². The molecule has 6 nitrogen and oxygen atoms in total. The molecule has 0 radical (unpaired) electrons. The number of carbonyl (C=O) groups is 2. The van der Waals surface area contributed by atoms with Crippen molar-refractivity contribution in [1.82, 2.24) is 4.98 Å². The van der Waals surface area contributed by atoms with Gasteiger partial charge < -0.3 is 14.8 Å². The van der Waals surface area contributed by atoms with E-state index in [2.05, 4.69) is 10.3 Å². The number of benzene rings is 1. The molecule has 4 atom stereocenters. The first kappa shape index (κ1) is 23.6. The molecule has 3 rings (SSSR count). The Morgan fingerprint density at radius 1 is 1.22 bits per heavy atom. The van der Waals surface area contributed by atoms with E-state index in [1.165, 1.54) is 45.4 Å². The van der Waals surface area contributed by atoms with Gasteiger partial charge in [0.05, 0.1) is 7.11 Å². The Balaban J connectivity index is 2.04. The number of hydrogen-bond acceptors (Lipinski definition) is 5. The minimum Gasteiger partial charge on any atom is -0.496 e. The van der Waals surface area contributed by atoms with E-state index < -0.39 is 41.4 Å². The second-order valence-corrected chi connectivity index (χ2v) is 7.82. The fraction of sp³-hybridized carbons (Fsp3) is 0.409. The van der Waals surface area contributed by atoms with Gasteiger partial charge in [0, 0.05) is 42.3 Å². The first-order chi connectivity index (χ1) is 14.9. The lowest BCUT2D eigenvalue weighted by Gasteiger charge is -2.32. The number of nitrogens with zero attached hydrogens (tertiary/aromatic N) is 1. The third-order valence-electron chi connectivity index (χ3n) is 5.87. The van der Waals surface area contributed by atoms with Crippen molar-refractivity contribution < 1.29 is 36.6 Å². The zero-order valence-corrected chi connectivity index (χ0v) is 17.8. The van der Waals surface area contributed by atoms with Crippen LogP contribution in [-0.2, 0) is 9.53 Å². The number of halogens is 4. The van der Waals surface area contributed by atoms with Crippen LogP contribution < -0.4 is 10.1 Å². The van der Waals surface area contributed by atoms with Gasteiger partial charge in [0.25, 0.3) is 5.91 Å². The minimum atomic E-state index is -4.77. The zero-order valence-electron chi connectivity index (χ0n) is 17.8. The monoisotopic (exact) mass is 454 g/mol. The number of Topliss-reactive ketones (excluding diaryl/α,β-unsaturated/α-hetero) is 1. The maximum atomic E-state index is 13.9. The Labute approximate surface area is 181 Å². The molecule has 0 unspecified atom stereocenters. The Hall–Kier alpha value is -3.01. The Kier molecular flexibility index (Phi) is 6.28. The SMILES string of the molecule is COc1cc(F)ccc1[C@@H]1[C@@H](C(=O)Nc2ccnc(C(C)=O)c2)O[C@@](C)(C(F)(F)F)[C@H]1C. The van der Waals surface area contributed by atoms with Gasteiger partial charge in [-0.15, -0.1) is 0 Å². The van der Waals surface area contributed by atoms with E-state index in [1.54, 1.807) is 0 Å². The predicted octanol–water partition coefficient (Wildman–Crippen LogP) is 4.51. The lowest BCUT2D eigenvalue weighted by atomic mass is 9.77. The summed E-state index contributed by atoms with van der Waals surface area (Å²) in [5.74, 6) is -4.11. The van der Waals surface area contributed by atoms with Crippen molar-refractivity contribution in [2.75, 3.05) is 12.4 Å². The maximum absolute atomic E-state index is 13.9. The molecule has 1 aromatic carbocycles. The van der Waals surface area contributed by atoms with Crippen LogP contribution >= 0.6 is 0 Å². The lowest BCUT2D eigenvalue weighted by Crippen LogP contribution is -2.47. The minimum absolute atomic E-state index is 0.0115. The summed E-state index contributed by atoms with van der Waals surface area (Å²) < 4.78 is 66.1. The van der Waals surface area contributed by atoms with Crippen LogP contribution in [0, 0.1) is 11.7 Å². The summed E-state index contributed by atoms with van der Waals surface area (Å²) in [5.41, 5.74) is -2.16. The Morgan fingerprint density at radius 2 is 1.91 bits per heavy atom. The molecule has 1 aromatic heterocycles. The summed E-state index contributed by atoms with van der Waals surface area (Å²) in [4.78, 5) is 28.5. The number of amides is 1. The normalized spacial score (nSPS) is 25.4. The van der Waals surface area contributed by atoms with E-state index in [0.717, 1.165) is 19.1 Å². The van der Waals surface area contributed by atoms with Gasteiger partial charge >= 0.3 is 6.18 Å². The summed E-state index contributed by atoms with van der Waals surface area (Å²) >= 11 is 0. The van der Waals surface area contributed by atoms with Gasteiger partial charge in [-0.25, -0.2) is 4.39 Å². The average Bonchev–Trinajstić information content (AvgIpc) is 3.00. The third-order valence-corrected chi connectivity index (χ3v) is 5.87. The zero-order chi connectivity index (χ0) is 23.8. The van der Waals surface area contributed by atoms with Crippen molar-refractivity contribution in [2.24, 2.45) is 5.92 Å². The van der Waals surface area contributed by atoms with Crippen LogP contribution in [0.5, 0.6) is 5.75 Å². The first-order valence-corrected chi connectivity index (χ1v) is 9.75. The van der Waals surface area contributed by atoms with E-state index in [4.69, 9.17) is 9.47 Å². The van der Waals surface area contributed by atoms with Gasteiger partial charge in [-0.2, -0.15) is 13.2 Å². The average molecular weight is 454 g/mol. The molecule has 0 bridgehead atoms. The van der Waals surface area contributed by atoms with Gasteiger partial charge in [-0.05, 0) is 25.1 Å². The number of anilines is 1. The fourth-order valence-corrected chi connectivity index (χ4v) is 3.90. The van der Waals surface area contributed by atoms with E-state index in [0.29, 0.717) is 0 Å². The molecular weight excluding hydrogens is 432 g/mol. The van der Waals surface area contributed by atoms with Crippen LogP contribution in [0.1, 0.15) is 42.7 Å². The lowest BCUT2D eigenvalue weighted by molar-refractivity contribution is -0.272. The first-order valence-electron chi connectivity index (χ1n) is 9.75. The highest BCUT2D eigenvalue weighted by atomic mass is 19.4. The summed E-state index contributed by atoms with van der Waals surface area (Å²) in [6, 6.07) is 6.14. The number of carbonyl (C=O) groups excluding carboxylic acids is 2. The molecule has 1 aliphatic heterocycles. The standard InChI is InChI=1S/C22H22F4N2O4/c1-11-18(15-6-5-13(23)9-17(15)31-4)19(32-21(11,3)22(24,25)26)20(30)28-14-7-8-27-16(10-14)12(2)29/h5-11,18-19H,1-4H3,(H,27,28,30)/t11-,18+,19-,21+/m0/s1. The number of ketones is 1. The molecule has 32 heavy (non-hydrogen) atoms. The van der Waals surface area contributed by atoms with Crippen molar-refractivity contribution >= 4 is 17.4 Å². The summed E-state index contributed by atoms with van der Waals surface area (Å²) in [7, 11) is 1.26. The third kappa shape index (κ3) is 4.19. The highest BCUT2D eigenvalue weighted by Gasteiger charge is 2.65. The van der Waals surface area contributed by atoms with Crippen LogP contribution in [0.2, 0.25) is 0 Å². The number of aromatic nitrogens is 1. The number of ether oxygens (including phenoxy) is 2. The molecule has 1 fully saturated rings. The highest BCUT2D eigenvalue weighted by Crippen LogP contribution is 2.54. The van der Waals surface area contributed by atoms with Crippen LogP contribution in [-0.4, -0.2) is 41.7 Å². The number of hydrogen-bond donors (Lipinski definition) is 1. The number of alkyl halides is 3. The smallest absolute Gasteiger partial charge is 0.417 e. The van der Waals surface area contributed by atoms with Crippen LogP contribution in [0.4, 0.5) is 23.2 Å². The highest BCUT2D eigenvalue weighted by molar-refractivity contribution is 5.97. The largest absolute Gasteiger partial charge is 0.496 e. The van der Waals surface area contributed by atoms with Crippen LogP contribution in [0.15, 0.2) is 36.5 Å². The molecule has 0 spiro atoms. The van der Waals surface area contributed by atoms with Gasteiger partial charge in [-0.1, -0.05) is 13.0 Å². The molecule has 1 saturated heterocycles. The summed E-state index contributed by atoms with van der Waals surface area (Å²) in [6.07, 6.45) is -5.04. The van der Waals surface area contributed by atoms with E-state index in [-0.39, 0.29) is 28.5 Å². The Morgan fingerprint density at radius 3 is 2.50 bits per heavy atom. The summed E-state index contributed by atoms with van der Waals surface area (Å²) in [6.45, 7) is 3.50. The van der Waals surface area contributed by atoms with Crippen molar-refractivity contribution in [3.8, 4) is 5.75 Å². The van der Waals surface area contributed by atoms with Crippen molar-refractivity contribution in [2.45, 2.75) is 44.6 Å². The Bertz CT molecular complexity index is 1040. The fourth-order valence-electron chi connectivity index (χ4n) is 3.90. The van der Waals surface area contributed by atoms with Gasteiger partial charge in [-0.3, -0.25) is 14.6 Å². The quantitative estimate of drug-likeness (QED) is 0.531. The molecule has 172 valence electrons. The topological polar surface area (TPSA) is 77.5 Å². The molecule has 2 heterocycles. The molecule has 1 N–H and O–H groups in total. The van der Waals surface area contributed by atoms with Crippen LogP contribution in [0.25, 0.3) is 0 Å². The van der Waals surface area contributed by atoms with Crippen molar-refractivity contribution in [1.29, 1.82) is 0 Å². The predicted molar refractivity (Wildman–Crippen MR) is 107 cm³/mol. The van der Waals surface area contributed by atoms with E-state index in [1.807, 2.05) is 0 Å². The summed E-state index contributed by atoms with van der Waals surface area (Å²) in [5, 5.41) is 2.50. The van der Waals surface area contributed by atoms with Crippen molar-refractivity contribution in [3.05, 3.63) is 53.6 Å². The molecule has 1 aliphatic rings. The second-order valence-electron chi connectivity index (χ2n) is 7.82. The number of nitrogens with one attached hydrogen (secondary N) is 1. The van der Waals surface area contributed by atoms with Crippen LogP contribution in [0.3, 0.4) is 0 Å². The number of rotatable bonds is 5.